The van der Waals surface area contributed by atoms with Gasteiger partial charge in [-0.3, -0.25) is 9.59 Å². The van der Waals surface area contributed by atoms with E-state index in [4.69, 9.17) is 0 Å². The summed E-state index contributed by atoms with van der Waals surface area (Å²) in [4.78, 5) is 26.3. The molecule has 1 N–H and O–H groups in total. The van der Waals surface area contributed by atoms with E-state index in [9.17, 15) is 9.59 Å². The van der Waals surface area contributed by atoms with Gasteiger partial charge in [0.25, 0.3) is 0 Å². The number of nitrogens with one attached hydrogen (secondary N) is 1. The molecule has 0 aliphatic carbocycles. The van der Waals surface area contributed by atoms with Crippen molar-refractivity contribution in [3.8, 4) is 0 Å². The fraction of sp³-hybridized carbons (Fsp3) is 0.222. The zero-order valence-electron chi connectivity index (χ0n) is 8.01. The maximum Gasteiger partial charge on any atom is 0.321 e. The maximum atomic E-state index is 11.3. The van der Waals surface area contributed by atoms with E-state index in [0.717, 1.165) is 0 Å². The number of aromatic amines is 1. The monoisotopic (exact) mass is 218 g/mol. The van der Waals surface area contributed by atoms with Crippen LogP contribution in [0.5, 0.6) is 0 Å². The Hall–Kier alpha value is -2.31. The summed E-state index contributed by atoms with van der Waals surface area (Å²) < 4.78 is 4.47. The minimum Gasteiger partial charge on any atom is -0.393 e. The van der Waals surface area contributed by atoms with Gasteiger partial charge in [-0.05, 0) is 11.6 Å². The van der Waals surface area contributed by atoms with Gasteiger partial charge in [0.2, 0.25) is 5.65 Å². The van der Waals surface area contributed by atoms with E-state index in [0.29, 0.717) is 16.7 Å². The topological polar surface area (TPSA) is 97.8 Å². The average molecular weight is 218 g/mol. The smallest absolute Gasteiger partial charge is 0.321 e. The Kier molecular flexibility index (Phi) is 1.73. The van der Waals surface area contributed by atoms with Crippen LogP contribution in [0.25, 0.3) is 11.2 Å². The number of hydrogen-bond acceptors (Lipinski definition) is 6. The van der Waals surface area contributed by atoms with Gasteiger partial charge in [0.15, 0.2) is 0 Å². The third kappa shape index (κ3) is 1.25. The standard InChI is InChI=1S/C9H6N4O3/c14-7-2-5(9(15)16-7)4-1-6-8(10-3-4)12-13-11-6/h1,3,5H,2H2,(H,10,11,12,13). The lowest BCUT2D eigenvalue weighted by Gasteiger charge is -2.02. The van der Waals surface area contributed by atoms with Crippen LogP contribution < -0.4 is 0 Å². The normalized spacial score (nSPS) is 20.4. The molecule has 0 bridgehead atoms. The van der Waals surface area contributed by atoms with Gasteiger partial charge in [-0.2, -0.15) is 10.3 Å². The van der Waals surface area contributed by atoms with Crippen molar-refractivity contribution in [2.24, 2.45) is 0 Å². The number of pyridine rings is 1. The van der Waals surface area contributed by atoms with Gasteiger partial charge in [0.1, 0.15) is 5.52 Å². The maximum absolute atomic E-state index is 11.3. The summed E-state index contributed by atoms with van der Waals surface area (Å²) >= 11 is 0. The molecule has 0 spiro atoms. The molecular weight excluding hydrogens is 212 g/mol. The number of H-pyrrole nitrogens is 1. The highest BCUT2D eigenvalue weighted by Gasteiger charge is 2.35. The van der Waals surface area contributed by atoms with Crippen LogP contribution in [0.15, 0.2) is 12.3 Å². The molecule has 2 aromatic heterocycles. The number of carbonyl (C=O) groups excluding carboxylic acids is 2. The van der Waals surface area contributed by atoms with Gasteiger partial charge in [0.05, 0.1) is 12.3 Å². The number of ether oxygens (including phenoxy) is 1. The van der Waals surface area contributed by atoms with E-state index in [1.807, 2.05) is 0 Å². The van der Waals surface area contributed by atoms with Crippen LogP contribution in [0.1, 0.15) is 17.9 Å². The number of esters is 2. The Morgan fingerprint density at radius 2 is 2.25 bits per heavy atom. The van der Waals surface area contributed by atoms with Crippen LogP contribution in [-0.4, -0.2) is 32.3 Å². The molecule has 7 nitrogen and oxygen atoms in total. The van der Waals surface area contributed by atoms with Crippen LogP contribution in [0, 0.1) is 0 Å². The first-order valence-electron chi connectivity index (χ1n) is 4.65. The highest BCUT2D eigenvalue weighted by atomic mass is 16.6. The van der Waals surface area contributed by atoms with Gasteiger partial charge in [-0.25, -0.2) is 4.98 Å². The van der Waals surface area contributed by atoms with Gasteiger partial charge in [-0.15, -0.1) is 5.10 Å². The van der Waals surface area contributed by atoms with Crippen LogP contribution in [0.2, 0.25) is 0 Å². The van der Waals surface area contributed by atoms with Crippen molar-refractivity contribution in [2.45, 2.75) is 12.3 Å². The fourth-order valence-corrected chi connectivity index (χ4v) is 1.68. The minimum absolute atomic E-state index is 0.0594. The first-order valence-corrected chi connectivity index (χ1v) is 4.65. The number of carbonyl (C=O) groups is 2. The summed E-state index contributed by atoms with van der Waals surface area (Å²) in [6.45, 7) is 0. The average Bonchev–Trinajstić information content (AvgIpc) is 2.83. The number of aromatic nitrogens is 4. The number of rotatable bonds is 1. The highest BCUT2D eigenvalue weighted by molar-refractivity contribution is 5.98. The Morgan fingerprint density at radius 1 is 1.38 bits per heavy atom. The second-order valence-electron chi connectivity index (χ2n) is 3.48. The Morgan fingerprint density at radius 3 is 3.00 bits per heavy atom. The van der Waals surface area contributed by atoms with Crippen molar-refractivity contribution in [1.82, 2.24) is 20.4 Å². The van der Waals surface area contributed by atoms with E-state index >= 15 is 0 Å². The third-order valence-electron chi connectivity index (χ3n) is 2.47. The Labute approximate surface area is 88.8 Å². The third-order valence-corrected chi connectivity index (χ3v) is 2.47. The van der Waals surface area contributed by atoms with E-state index in [1.165, 1.54) is 6.20 Å². The van der Waals surface area contributed by atoms with Gasteiger partial charge in [0, 0.05) is 6.20 Å². The van der Waals surface area contributed by atoms with E-state index in [-0.39, 0.29) is 6.42 Å². The molecule has 1 aliphatic heterocycles. The second-order valence-corrected chi connectivity index (χ2v) is 3.48. The van der Waals surface area contributed by atoms with Crippen molar-refractivity contribution in [1.29, 1.82) is 0 Å². The molecule has 0 saturated carbocycles. The van der Waals surface area contributed by atoms with Crippen molar-refractivity contribution >= 4 is 23.1 Å². The predicted octanol–water partition coefficient (Wildman–Crippen LogP) is -0.0900. The molecule has 1 fully saturated rings. The van der Waals surface area contributed by atoms with Crippen molar-refractivity contribution in [3.05, 3.63) is 17.8 Å². The molecule has 0 aromatic carbocycles. The molecule has 0 amide bonds. The lowest BCUT2D eigenvalue weighted by Crippen LogP contribution is -2.05. The van der Waals surface area contributed by atoms with Gasteiger partial charge in [-0.1, -0.05) is 0 Å². The summed E-state index contributed by atoms with van der Waals surface area (Å²) in [6, 6.07) is 1.68. The van der Waals surface area contributed by atoms with E-state index in [1.54, 1.807) is 6.07 Å². The highest BCUT2D eigenvalue weighted by Crippen LogP contribution is 2.27. The fourth-order valence-electron chi connectivity index (χ4n) is 1.68. The molecule has 3 heterocycles. The Balaban J connectivity index is 2.05. The molecule has 1 aliphatic rings. The molecular formula is C9H6N4O3. The molecule has 1 atom stereocenters. The van der Waals surface area contributed by atoms with Crippen LogP contribution >= 0.6 is 0 Å². The van der Waals surface area contributed by atoms with Crippen LogP contribution in [0.4, 0.5) is 0 Å². The molecule has 16 heavy (non-hydrogen) atoms. The quantitative estimate of drug-likeness (QED) is 0.530. The lowest BCUT2D eigenvalue weighted by molar-refractivity contribution is -0.152. The molecule has 1 saturated heterocycles. The minimum atomic E-state index is -0.568. The molecule has 2 aromatic rings. The SMILES string of the molecule is O=C1CC(c2cnc3n[nH]nc3c2)C(=O)O1. The number of nitrogens with zero attached hydrogens (tertiary/aromatic N) is 3. The van der Waals surface area contributed by atoms with Gasteiger partial charge < -0.3 is 4.74 Å². The summed E-state index contributed by atoms with van der Waals surface area (Å²) in [5, 5.41) is 10.1. The zero-order valence-corrected chi connectivity index (χ0v) is 8.01. The Bertz CT molecular complexity index is 591. The van der Waals surface area contributed by atoms with Crippen molar-refractivity contribution in [2.75, 3.05) is 0 Å². The largest absolute Gasteiger partial charge is 0.393 e. The first-order chi connectivity index (χ1) is 7.74. The molecule has 80 valence electrons. The molecule has 0 radical (unpaired) electrons. The summed E-state index contributed by atoms with van der Waals surface area (Å²) in [7, 11) is 0. The van der Waals surface area contributed by atoms with Crippen molar-refractivity contribution in [3.63, 3.8) is 0 Å². The van der Waals surface area contributed by atoms with E-state index < -0.39 is 17.9 Å². The summed E-state index contributed by atoms with van der Waals surface area (Å²) in [5.74, 6) is -1.61. The molecule has 3 rings (SSSR count). The number of hydrogen-bond donors (Lipinski definition) is 1. The summed E-state index contributed by atoms with van der Waals surface area (Å²) in [6.07, 6.45) is 1.57. The van der Waals surface area contributed by atoms with Crippen LogP contribution in [-0.2, 0) is 14.3 Å². The number of fused-ring (bicyclic) bond motifs is 1. The second kappa shape index (κ2) is 3.09. The van der Waals surface area contributed by atoms with Crippen molar-refractivity contribution < 1.29 is 14.3 Å². The zero-order chi connectivity index (χ0) is 11.1. The summed E-state index contributed by atoms with van der Waals surface area (Å²) in [5.41, 5.74) is 1.66. The van der Waals surface area contributed by atoms with Crippen LogP contribution in [0.3, 0.4) is 0 Å². The molecule has 1 unspecified atom stereocenters. The van der Waals surface area contributed by atoms with E-state index in [2.05, 4.69) is 25.1 Å². The lowest BCUT2D eigenvalue weighted by atomic mass is 9.99. The van der Waals surface area contributed by atoms with Gasteiger partial charge >= 0.3 is 11.9 Å². The first kappa shape index (κ1) is 8.96. The predicted molar refractivity (Wildman–Crippen MR) is 50.1 cm³/mol. The number of cyclic esters (lactones) is 2. The molecule has 7 heteroatoms.